The second-order valence-electron chi connectivity index (χ2n) is 6.22. The summed E-state index contributed by atoms with van der Waals surface area (Å²) < 4.78 is 13.0. The monoisotopic (exact) mass is 359 g/mol. The van der Waals surface area contributed by atoms with Gasteiger partial charge in [0.2, 0.25) is 0 Å². The molecule has 0 saturated carbocycles. The van der Waals surface area contributed by atoms with Crippen LogP contribution in [0.15, 0.2) is 78.9 Å². The summed E-state index contributed by atoms with van der Waals surface area (Å²) in [6.07, 6.45) is 0. The van der Waals surface area contributed by atoms with E-state index in [0.717, 1.165) is 33.4 Å². The lowest BCUT2D eigenvalue weighted by molar-refractivity contribution is 0.252. The molecule has 0 aliphatic carbocycles. The number of rotatable bonds is 4. The summed E-state index contributed by atoms with van der Waals surface area (Å²) in [4.78, 5) is 15.8. The number of benzene rings is 3. The number of H-pyrrole nitrogens is 1. The zero-order valence-corrected chi connectivity index (χ0v) is 14.5. The van der Waals surface area contributed by atoms with E-state index in [9.17, 15) is 9.18 Å². The van der Waals surface area contributed by atoms with Gasteiger partial charge in [-0.05, 0) is 23.8 Å². The van der Waals surface area contributed by atoms with Crippen molar-refractivity contribution in [1.82, 2.24) is 10.3 Å². The maximum atomic E-state index is 13.0. The number of aromatic amines is 1. The Balaban J connectivity index is 1.59. The van der Waals surface area contributed by atoms with Gasteiger partial charge in [-0.3, -0.25) is 0 Å². The number of amides is 2. The molecule has 3 aromatic carbocycles. The van der Waals surface area contributed by atoms with Crippen LogP contribution < -0.4 is 10.6 Å². The van der Waals surface area contributed by atoms with Crippen molar-refractivity contribution in [3.63, 3.8) is 0 Å². The fourth-order valence-corrected chi connectivity index (χ4v) is 3.04. The smallest absolute Gasteiger partial charge is 0.319 e. The average Bonchev–Trinajstić information content (AvgIpc) is 3.07. The van der Waals surface area contributed by atoms with Crippen LogP contribution in [0.25, 0.3) is 22.2 Å². The zero-order chi connectivity index (χ0) is 18.6. The molecule has 0 saturated heterocycles. The Labute approximate surface area is 156 Å². The van der Waals surface area contributed by atoms with E-state index in [-0.39, 0.29) is 11.8 Å². The molecule has 3 N–H and O–H groups in total. The van der Waals surface area contributed by atoms with Crippen LogP contribution in [-0.4, -0.2) is 11.0 Å². The summed E-state index contributed by atoms with van der Waals surface area (Å²) in [6, 6.07) is 23.4. The Morgan fingerprint density at radius 1 is 0.889 bits per heavy atom. The normalized spacial score (nSPS) is 10.7. The number of carbonyl (C=O) groups is 1. The maximum Gasteiger partial charge on any atom is 0.319 e. The molecule has 134 valence electrons. The van der Waals surface area contributed by atoms with Crippen molar-refractivity contribution in [1.29, 1.82) is 0 Å². The fraction of sp³-hybridized carbons (Fsp3) is 0.0455. The highest BCUT2D eigenvalue weighted by Gasteiger charge is 2.15. The predicted octanol–water partition coefficient (Wildman–Crippen LogP) is 5.30. The van der Waals surface area contributed by atoms with Crippen LogP contribution >= 0.6 is 0 Å². The zero-order valence-electron chi connectivity index (χ0n) is 14.5. The van der Waals surface area contributed by atoms with Crippen LogP contribution in [0, 0.1) is 5.82 Å². The van der Waals surface area contributed by atoms with Crippen LogP contribution in [0.4, 0.5) is 14.9 Å². The topological polar surface area (TPSA) is 56.9 Å². The van der Waals surface area contributed by atoms with Crippen molar-refractivity contribution < 1.29 is 9.18 Å². The van der Waals surface area contributed by atoms with Crippen LogP contribution in [0.3, 0.4) is 0 Å². The van der Waals surface area contributed by atoms with Gasteiger partial charge >= 0.3 is 6.03 Å². The number of carbonyl (C=O) groups excluding carboxylic acids is 1. The molecule has 0 atom stereocenters. The first-order chi connectivity index (χ1) is 13.2. The van der Waals surface area contributed by atoms with Gasteiger partial charge in [0.25, 0.3) is 0 Å². The molecule has 5 heteroatoms. The molecule has 0 bridgehead atoms. The number of hydrogen-bond acceptors (Lipinski definition) is 1. The van der Waals surface area contributed by atoms with Crippen LogP contribution in [0.5, 0.6) is 0 Å². The number of nitrogens with one attached hydrogen (secondary N) is 3. The first-order valence-electron chi connectivity index (χ1n) is 8.66. The van der Waals surface area contributed by atoms with E-state index in [1.165, 1.54) is 12.1 Å². The Kier molecular flexibility index (Phi) is 4.58. The number of anilines is 1. The summed E-state index contributed by atoms with van der Waals surface area (Å²) in [5.74, 6) is -0.297. The van der Waals surface area contributed by atoms with E-state index in [1.807, 2.05) is 54.6 Å². The molecule has 0 radical (unpaired) electrons. The summed E-state index contributed by atoms with van der Waals surface area (Å²) in [7, 11) is 0. The van der Waals surface area contributed by atoms with E-state index < -0.39 is 0 Å². The highest BCUT2D eigenvalue weighted by atomic mass is 19.1. The minimum absolute atomic E-state index is 0.297. The quantitative estimate of drug-likeness (QED) is 0.455. The molecule has 4 rings (SSSR count). The van der Waals surface area contributed by atoms with Crippen LogP contribution in [0.1, 0.15) is 5.56 Å². The molecule has 0 fully saturated rings. The number of aromatic nitrogens is 1. The Morgan fingerprint density at radius 2 is 1.59 bits per heavy atom. The van der Waals surface area contributed by atoms with E-state index in [0.29, 0.717) is 6.54 Å². The van der Waals surface area contributed by atoms with Gasteiger partial charge in [0.1, 0.15) is 5.82 Å². The summed E-state index contributed by atoms with van der Waals surface area (Å²) in [5.41, 5.74) is 4.35. The van der Waals surface area contributed by atoms with Gasteiger partial charge in [-0.1, -0.05) is 60.7 Å². The largest absolute Gasteiger partial charge is 0.353 e. The lowest BCUT2D eigenvalue weighted by atomic mass is 10.1. The molecule has 4 nitrogen and oxygen atoms in total. The van der Waals surface area contributed by atoms with E-state index >= 15 is 0 Å². The molecule has 0 aliphatic rings. The van der Waals surface area contributed by atoms with Crippen molar-refractivity contribution in [3.05, 3.63) is 90.2 Å². The number of urea groups is 1. The predicted molar refractivity (Wildman–Crippen MR) is 106 cm³/mol. The van der Waals surface area contributed by atoms with Gasteiger partial charge in [-0.25, -0.2) is 9.18 Å². The van der Waals surface area contributed by atoms with Gasteiger partial charge in [-0.2, -0.15) is 0 Å². The van der Waals surface area contributed by atoms with E-state index in [2.05, 4.69) is 15.6 Å². The molecule has 1 heterocycles. The summed E-state index contributed by atoms with van der Waals surface area (Å²) >= 11 is 0. The van der Waals surface area contributed by atoms with Gasteiger partial charge in [0, 0.05) is 23.0 Å². The summed E-state index contributed by atoms with van der Waals surface area (Å²) in [6.45, 7) is 0.315. The average molecular weight is 359 g/mol. The Morgan fingerprint density at radius 3 is 2.37 bits per heavy atom. The highest BCUT2D eigenvalue weighted by molar-refractivity contribution is 6.07. The number of hydrogen-bond donors (Lipinski definition) is 3. The first kappa shape index (κ1) is 16.8. The third-order valence-corrected chi connectivity index (χ3v) is 4.37. The minimum atomic E-state index is -0.318. The molecular weight excluding hydrogens is 341 g/mol. The molecule has 4 aromatic rings. The second-order valence-corrected chi connectivity index (χ2v) is 6.22. The molecule has 0 aliphatic heterocycles. The van der Waals surface area contributed by atoms with Gasteiger partial charge in [-0.15, -0.1) is 0 Å². The third-order valence-electron chi connectivity index (χ3n) is 4.37. The van der Waals surface area contributed by atoms with Crippen molar-refractivity contribution in [2.75, 3.05) is 5.32 Å². The van der Waals surface area contributed by atoms with E-state index in [4.69, 9.17) is 0 Å². The molecule has 1 aromatic heterocycles. The SMILES string of the molecule is O=C(NCc1ccc(F)cc1)Nc1c(-c2ccccc2)[nH]c2ccccc12. The van der Waals surface area contributed by atoms with Crippen LogP contribution in [-0.2, 0) is 6.54 Å². The Bertz CT molecular complexity index is 1070. The molecule has 2 amide bonds. The lowest BCUT2D eigenvalue weighted by Crippen LogP contribution is -2.28. The summed E-state index contributed by atoms with van der Waals surface area (Å²) in [5, 5.41) is 6.71. The first-order valence-corrected chi connectivity index (χ1v) is 8.66. The van der Waals surface area contributed by atoms with Gasteiger partial charge < -0.3 is 15.6 Å². The standard InChI is InChI=1S/C22H18FN3O/c23-17-12-10-15(11-13-17)14-24-22(27)26-21-18-8-4-5-9-19(18)25-20(21)16-6-2-1-3-7-16/h1-13,25H,14H2,(H2,24,26,27). The molecule has 27 heavy (non-hydrogen) atoms. The lowest BCUT2D eigenvalue weighted by Gasteiger charge is -2.10. The van der Waals surface area contributed by atoms with Gasteiger partial charge in [0.05, 0.1) is 11.4 Å². The molecule has 0 spiro atoms. The van der Waals surface area contributed by atoms with Crippen LogP contribution in [0.2, 0.25) is 0 Å². The van der Waals surface area contributed by atoms with Crippen molar-refractivity contribution in [2.45, 2.75) is 6.54 Å². The number of para-hydroxylation sites is 1. The van der Waals surface area contributed by atoms with Crippen molar-refractivity contribution in [3.8, 4) is 11.3 Å². The van der Waals surface area contributed by atoms with Gasteiger partial charge in [0.15, 0.2) is 0 Å². The third kappa shape index (κ3) is 3.67. The maximum absolute atomic E-state index is 13.0. The molecule has 0 unspecified atom stereocenters. The number of fused-ring (bicyclic) bond motifs is 1. The van der Waals surface area contributed by atoms with Crippen molar-refractivity contribution in [2.24, 2.45) is 0 Å². The highest BCUT2D eigenvalue weighted by Crippen LogP contribution is 2.34. The van der Waals surface area contributed by atoms with E-state index in [1.54, 1.807) is 12.1 Å². The number of halogens is 1. The fourth-order valence-electron chi connectivity index (χ4n) is 3.04. The molecular formula is C22H18FN3O. The van der Waals surface area contributed by atoms with Crippen molar-refractivity contribution >= 4 is 22.6 Å². The second kappa shape index (κ2) is 7.33. The Hall–Kier alpha value is -3.60. The minimum Gasteiger partial charge on any atom is -0.353 e.